The Bertz CT molecular complexity index is 1580. The van der Waals surface area contributed by atoms with Crippen LogP contribution in [0.4, 0.5) is 5.69 Å². The number of nitrogens with one attached hydrogen (secondary N) is 2. The zero-order valence-corrected chi connectivity index (χ0v) is 22.1. The van der Waals surface area contributed by atoms with Gasteiger partial charge in [0.25, 0.3) is 11.6 Å². The molecule has 0 aliphatic carbocycles. The van der Waals surface area contributed by atoms with Gasteiger partial charge in [-0.15, -0.1) is 0 Å². The molecule has 2 aliphatic heterocycles. The molecule has 2 aliphatic rings. The van der Waals surface area contributed by atoms with Crippen molar-refractivity contribution in [2.24, 2.45) is 0 Å². The highest BCUT2D eigenvalue weighted by Crippen LogP contribution is 2.39. The molecule has 3 aromatic rings. The van der Waals surface area contributed by atoms with Gasteiger partial charge in [0.05, 0.1) is 11.0 Å². The van der Waals surface area contributed by atoms with Gasteiger partial charge in [-0.3, -0.25) is 25.0 Å². The van der Waals surface area contributed by atoms with Gasteiger partial charge in [-0.2, -0.15) is 12.7 Å². The van der Waals surface area contributed by atoms with Crippen molar-refractivity contribution >= 4 is 27.8 Å². The molecule has 0 saturated carbocycles. The molecule has 0 spiro atoms. The van der Waals surface area contributed by atoms with Crippen LogP contribution < -0.4 is 24.2 Å². The molecular formula is C26H24N4O10S. The molecule has 214 valence electrons. The van der Waals surface area contributed by atoms with Crippen LogP contribution in [-0.2, 0) is 39.4 Å². The normalized spacial score (nSPS) is 18.0. The lowest BCUT2D eigenvalue weighted by Gasteiger charge is -2.24. The summed E-state index contributed by atoms with van der Waals surface area (Å²) in [7, 11) is -4.45. The summed E-state index contributed by atoms with van der Waals surface area (Å²) in [4.78, 5) is 35.7. The minimum Gasteiger partial charge on any atom is -0.489 e. The van der Waals surface area contributed by atoms with Crippen molar-refractivity contribution in [3.8, 4) is 17.2 Å². The van der Waals surface area contributed by atoms with Gasteiger partial charge in [0, 0.05) is 12.1 Å². The van der Waals surface area contributed by atoms with Gasteiger partial charge < -0.3 is 19.3 Å². The Balaban J connectivity index is 1.32. The van der Waals surface area contributed by atoms with Crippen LogP contribution in [0, 0.1) is 10.1 Å². The number of nitro groups is 1. The highest BCUT2D eigenvalue weighted by atomic mass is 32.2. The number of carbonyl (C=O) groups excluding carboxylic acids is 1. The highest BCUT2D eigenvalue weighted by Gasteiger charge is 2.46. The minimum atomic E-state index is -4.45. The number of ether oxygens (including phenoxy) is 3. The summed E-state index contributed by atoms with van der Waals surface area (Å²) in [5.41, 5.74) is 1.03. The van der Waals surface area contributed by atoms with Gasteiger partial charge in [0.1, 0.15) is 18.4 Å². The van der Waals surface area contributed by atoms with E-state index in [0.29, 0.717) is 22.2 Å². The molecule has 0 bridgehead atoms. The largest absolute Gasteiger partial charge is 0.489 e. The summed E-state index contributed by atoms with van der Waals surface area (Å²) >= 11 is 0. The van der Waals surface area contributed by atoms with E-state index < -0.39 is 51.4 Å². The molecule has 2 atom stereocenters. The first kappa shape index (κ1) is 27.8. The third-order valence-electron chi connectivity index (χ3n) is 6.44. The molecule has 1 fully saturated rings. The molecule has 0 radical (unpaired) electrons. The minimum absolute atomic E-state index is 0.0795. The number of hydrogen-bond acceptors (Lipinski definition) is 10. The van der Waals surface area contributed by atoms with E-state index in [2.05, 4.69) is 5.32 Å². The standard InChI is InChI=1S/C26H24N4O10S/c31-25-24(29(41(36,37)28-25)13-18-11-22-23(40-15-39-22)12-21(18)30(34)35)27-20(26(32)33)10-16-6-8-19(9-7-16)38-14-17-4-2-1-3-5-17/h1-9,11-12,20,24,27H,10,13-15H2,(H,28,31)(H,32,33)/t20-,24+/m0/s1. The second-order valence-corrected chi connectivity index (χ2v) is 10.8. The molecule has 2 heterocycles. The predicted octanol–water partition coefficient (Wildman–Crippen LogP) is 1.69. The van der Waals surface area contributed by atoms with Gasteiger partial charge in [0.15, 0.2) is 17.7 Å². The van der Waals surface area contributed by atoms with Crippen molar-refractivity contribution in [2.75, 3.05) is 6.79 Å². The fourth-order valence-corrected chi connectivity index (χ4v) is 5.62. The maximum absolute atomic E-state index is 12.8. The highest BCUT2D eigenvalue weighted by molar-refractivity contribution is 7.88. The summed E-state index contributed by atoms with van der Waals surface area (Å²) in [6, 6.07) is 17.2. The van der Waals surface area contributed by atoms with E-state index in [4.69, 9.17) is 14.2 Å². The van der Waals surface area contributed by atoms with Crippen LogP contribution in [0.5, 0.6) is 17.2 Å². The lowest BCUT2D eigenvalue weighted by molar-refractivity contribution is -0.385. The summed E-state index contributed by atoms with van der Waals surface area (Å²) in [6.45, 7) is -0.434. The number of fused-ring (bicyclic) bond motifs is 1. The summed E-state index contributed by atoms with van der Waals surface area (Å²) in [5, 5.41) is 24.1. The summed E-state index contributed by atoms with van der Waals surface area (Å²) in [6.07, 6.45) is -1.75. The maximum atomic E-state index is 12.8. The van der Waals surface area contributed by atoms with Crippen LogP contribution in [0.15, 0.2) is 66.7 Å². The van der Waals surface area contributed by atoms with Crippen LogP contribution in [0.1, 0.15) is 16.7 Å². The first-order valence-corrected chi connectivity index (χ1v) is 13.7. The van der Waals surface area contributed by atoms with Gasteiger partial charge in [0.2, 0.25) is 6.79 Å². The lowest BCUT2D eigenvalue weighted by atomic mass is 10.1. The van der Waals surface area contributed by atoms with Crippen molar-refractivity contribution in [3.05, 3.63) is 93.5 Å². The number of nitrogens with zero attached hydrogens (tertiary/aromatic N) is 2. The van der Waals surface area contributed by atoms with Crippen LogP contribution in [-0.4, -0.2) is 53.6 Å². The Kier molecular flexibility index (Phi) is 7.74. The molecule has 0 unspecified atom stereocenters. The SMILES string of the molecule is O=C(O)[C@H](Cc1ccc(OCc2ccccc2)cc1)N[C@H]1C(=O)NS(=O)(=O)N1Cc1cc2c(cc1[N+](=O)[O-])OCO2. The molecule has 0 aromatic heterocycles. The van der Waals surface area contributed by atoms with E-state index in [1.54, 1.807) is 24.3 Å². The topological polar surface area (TPSA) is 187 Å². The molecule has 41 heavy (non-hydrogen) atoms. The summed E-state index contributed by atoms with van der Waals surface area (Å²) < 4.78 is 44.2. The number of rotatable bonds is 11. The third kappa shape index (κ3) is 6.21. The van der Waals surface area contributed by atoms with Crippen molar-refractivity contribution in [3.63, 3.8) is 0 Å². The van der Waals surface area contributed by atoms with Crippen molar-refractivity contribution < 1.29 is 42.2 Å². The Labute approximate surface area is 233 Å². The third-order valence-corrected chi connectivity index (χ3v) is 7.86. The maximum Gasteiger partial charge on any atom is 0.321 e. The van der Waals surface area contributed by atoms with Gasteiger partial charge in [-0.1, -0.05) is 42.5 Å². The first-order valence-electron chi connectivity index (χ1n) is 12.3. The molecular weight excluding hydrogens is 560 g/mol. The molecule has 1 saturated heterocycles. The second kappa shape index (κ2) is 11.4. The lowest BCUT2D eigenvalue weighted by Crippen LogP contribution is -2.53. The van der Waals surface area contributed by atoms with E-state index in [9.17, 15) is 33.2 Å². The van der Waals surface area contributed by atoms with E-state index in [1.807, 2.05) is 35.1 Å². The molecule has 14 nitrogen and oxygen atoms in total. The van der Waals surface area contributed by atoms with Gasteiger partial charge in [-0.25, -0.2) is 4.72 Å². The van der Waals surface area contributed by atoms with Crippen molar-refractivity contribution in [1.82, 2.24) is 14.3 Å². The number of nitro benzene ring substituents is 1. The number of hydrogen-bond donors (Lipinski definition) is 3. The molecule has 3 N–H and O–H groups in total. The zero-order chi connectivity index (χ0) is 29.1. The van der Waals surface area contributed by atoms with E-state index in [1.165, 1.54) is 6.07 Å². The quantitative estimate of drug-likeness (QED) is 0.220. The van der Waals surface area contributed by atoms with Crippen LogP contribution in [0.25, 0.3) is 0 Å². The average molecular weight is 585 g/mol. The second-order valence-electron chi connectivity index (χ2n) is 9.19. The number of carboxylic acids is 1. The zero-order valence-electron chi connectivity index (χ0n) is 21.3. The van der Waals surface area contributed by atoms with Crippen molar-refractivity contribution in [1.29, 1.82) is 0 Å². The number of benzene rings is 3. The molecule has 5 rings (SSSR count). The first-order chi connectivity index (χ1) is 19.6. The number of carboxylic acid groups (broad SMARTS) is 1. The fourth-order valence-electron chi connectivity index (χ4n) is 4.39. The van der Waals surface area contributed by atoms with E-state index >= 15 is 0 Å². The number of amides is 1. The van der Waals surface area contributed by atoms with Crippen LogP contribution >= 0.6 is 0 Å². The molecule has 15 heteroatoms. The smallest absolute Gasteiger partial charge is 0.321 e. The Morgan fingerprint density at radius 3 is 2.46 bits per heavy atom. The predicted molar refractivity (Wildman–Crippen MR) is 141 cm³/mol. The average Bonchev–Trinajstić information content (AvgIpc) is 3.48. The van der Waals surface area contributed by atoms with Crippen molar-refractivity contribution in [2.45, 2.75) is 31.8 Å². The van der Waals surface area contributed by atoms with Crippen LogP contribution in [0.2, 0.25) is 0 Å². The number of aliphatic carboxylic acids is 1. The molecule has 1 amide bonds. The Morgan fingerprint density at radius 1 is 1.12 bits per heavy atom. The summed E-state index contributed by atoms with van der Waals surface area (Å²) in [5.74, 6) is -1.50. The Hall–Kier alpha value is -4.73. The van der Waals surface area contributed by atoms with E-state index in [0.717, 1.165) is 11.6 Å². The monoisotopic (exact) mass is 584 g/mol. The van der Waals surface area contributed by atoms with Gasteiger partial charge in [-0.05, 0) is 35.7 Å². The Morgan fingerprint density at radius 2 is 1.80 bits per heavy atom. The van der Waals surface area contributed by atoms with Gasteiger partial charge >= 0.3 is 16.2 Å². The fraction of sp³-hybridized carbons (Fsp3) is 0.231. The van der Waals surface area contributed by atoms with E-state index in [-0.39, 0.29) is 30.3 Å². The number of carbonyl (C=O) groups is 2. The van der Waals surface area contributed by atoms with Crippen LogP contribution in [0.3, 0.4) is 0 Å². The molecule has 3 aromatic carbocycles.